The van der Waals surface area contributed by atoms with Crippen LogP contribution in [0.25, 0.3) is 11.0 Å². The van der Waals surface area contributed by atoms with E-state index in [9.17, 15) is 9.59 Å². The lowest BCUT2D eigenvalue weighted by molar-refractivity contribution is 0.0771. The number of fused-ring (bicyclic) bond motifs is 2. The predicted octanol–water partition coefficient (Wildman–Crippen LogP) is 4.76. The van der Waals surface area contributed by atoms with Gasteiger partial charge < -0.3 is 14.1 Å². The molecule has 2 aromatic carbocycles. The molecule has 1 unspecified atom stereocenters. The third-order valence-electron chi connectivity index (χ3n) is 5.66. The van der Waals surface area contributed by atoms with Crippen molar-refractivity contribution >= 4 is 16.9 Å². The number of carbonyl (C=O) groups excluding carboxylic acids is 1. The van der Waals surface area contributed by atoms with Gasteiger partial charge in [0, 0.05) is 7.05 Å². The average molecular weight is 391 g/mol. The Morgan fingerprint density at radius 3 is 2.62 bits per heavy atom. The molecular weight excluding hydrogens is 366 g/mol. The fourth-order valence-corrected chi connectivity index (χ4v) is 3.84. The molecule has 1 amide bonds. The average Bonchev–Trinajstić information content (AvgIpc) is 2.95. The minimum absolute atomic E-state index is 0.135. The molecule has 0 radical (unpaired) electrons. The molecule has 0 saturated carbocycles. The van der Waals surface area contributed by atoms with E-state index in [1.165, 1.54) is 0 Å². The van der Waals surface area contributed by atoms with Crippen LogP contribution in [0, 0.1) is 13.8 Å². The van der Waals surface area contributed by atoms with Gasteiger partial charge in [-0.3, -0.25) is 9.59 Å². The number of amides is 1. The van der Waals surface area contributed by atoms with Crippen molar-refractivity contribution in [1.29, 1.82) is 0 Å². The number of aryl methyl sites for hydroxylation is 2. The maximum Gasteiger partial charge on any atom is 0.290 e. The molecule has 0 fully saturated rings. The third kappa shape index (κ3) is 3.20. The topological polar surface area (TPSA) is 59.8 Å². The number of ether oxygens (including phenoxy) is 1. The van der Waals surface area contributed by atoms with Gasteiger partial charge in [0.2, 0.25) is 5.76 Å². The fourth-order valence-electron chi connectivity index (χ4n) is 3.84. The van der Waals surface area contributed by atoms with Gasteiger partial charge in [0.05, 0.1) is 23.6 Å². The quantitative estimate of drug-likeness (QED) is 0.588. The summed E-state index contributed by atoms with van der Waals surface area (Å²) in [5.74, 6) is 0.594. The minimum Gasteiger partial charge on any atom is -0.494 e. The normalized spacial score (nSPS) is 15.8. The lowest BCUT2D eigenvalue weighted by atomic mass is 9.97. The molecule has 0 aliphatic carbocycles. The van der Waals surface area contributed by atoms with Gasteiger partial charge in [-0.25, -0.2) is 0 Å². The molecule has 0 spiro atoms. The van der Waals surface area contributed by atoms with Crippen LogP contribution in [0.15, 0.2) is 45.6 Å². The van der Waals surface area contributed by atoms with E-state index >= 15 is 0 Å². The zero-order chi connectivity index (χ0) is 20.7. The summed E-state index contributed by atoms with van der Waals surface area (Å²) in [7, 11) is 1.70. The first-order chi connectivity index (χ1) is 13.9. The zero-order valence-corrected chi connectivity index (χ0v) is 17.2. The first kappa shape index (κ1) is 19.2. The number of carbonyl (C=O) groups is 1. The van der Waals surface area contributed by atoms with Crippen molar-refractivity contribution in [2.45, 2.75) is 39.7 Å². The van der Waals surface area contributed by atoms with Gasteiger partial charge in [-0.2, -0.15) is 0 Å². The molecule has 1 aliphatic rings. The second-order valence-electron chi connectivity index (χ2n) is 7.70. The Labute approximate surface area is 169 Å². The highest BCUT2D eigenvalue weighted by atomic mass is 16.5. The Morgan fingerprint density at radius 2 is 1.86 bits per heavy atom. The van der Waals surface area contributed by atoms with E-state index in [0.29, 0.717) is 23.1 Å². The standard InChI is InChI=1S/C24H25NO4/c1-5-6-10-28-17-9-7-8-16(13-17)21-20-22(26)18-11-14(2)15(3)12-19(18)29-23(20)24(27)25(21)4/h7-9,11-13,21H,5-6,10H2,1-4H3. The highest BCUT2D eigenvalue weighted by Crippen LogP contribution is 2.38. The highest BCUT2D eigenvalue weighted by molar-refractivity contribution is 5.99. The van der Waals surface area contributed by atoms with Gasteiger partial charge in [0.15, 0.2) is 5.43 Å². The molecule has 0 bridgehead atoms. The van der Waals surface area contributed by atoms with Gasteiger partial charge in [-0.15, -0.1) is 0 Å². The van der Waals surface area contributed by atoms with Gasteiger partial charge in [0.25, 0.3) is 5.91 Å². The molecule has 0 saturated heterocycles. The summed E-state index contributed by atoms with van der Waals surface area (Å²) in [6.45, 7) is 6.68. The predicted molar refractivity (Wildman–Crippen MR) is 113 cm³/mol. The number of hydrogen-bond acceptors (Lipinski definition) is 4. The second kappa shape index (κ2) is 7.39. The number of rotatable bonds is 5. The van der Waals surface area contributed by atoms with E-state index in [-0.39, 0.29) is 17.1 Å². The Balaban J connectivity index is 1.85. The van der Waals surface area contributed by atoms with Gasteiger partial charge in [-0.05, 0) is 61.2 Å². The van der Waals surface area contributed by atoms with Crippen molar-refractivity contribution < 1.29 is 13.9 Å². The lowest BCUT2D eigenvalue weighted by Gasteiger charge is -2.21. The van der Waals surface area contributed by atoms with E-state index in [1.54, 1.807) is 11.9 Å². The van der Waals surface area contributed by atoms with Crippen LogP contribution in [-0.2, 0) is 0 Å². The van der Waals surface area contributed by atoms with Crippen LogP contribution in [0.4, 0.5) is 0 Å². The van der Waals surface area contributed by atoms with Crippen molar-refractivity contribution in [1.82, 2.24) is 4.90 Å². The van der Waals surface area contributed by atoms with Crippen LogP contribution >= 0.6 is 0 Å². The van der Waals surface area contributed by atoms with E-state index in [2.05, 4.69) is 6.92 Å². The Hall–Kier alpha value is -3.08. The number of unbranched alkanes of at least 4 members (excludes halogenated alkanes) is 1. The molecule has 4 rings (SSSR count). The van der Waals surface area contributed by atoms with E-state index in [0.717, 1.165) is 35.3 Å². The monoisotopic (exact) mass is 391 g/mol. The molecule has 5 heteroatoms. The number of hydrogen-bond donors (Lipinski definition) is 0. The van der Waals surface area contributed by atoms with Crippen LogP contribution in [0.5, 0.6) is 5.75 Å². The Morgan fingerprint density at radius 1 is 1.10 bits per heavy atom. The maximum atomic E-state index is 13.4. The van der Waals surface area contributed by atoms with Crippen molar-refractivity contribution in [3.05, 3.63) is 74.6 Å². The molecule has 1 aromatic heterocycles. The van der Waals surface area contributed by atoms with Crippen molar-refractivity contribution in [2.24, 2.45) is 0 Å². The first-order valence-electron chi connectivity index (χ1n) is 10.00. The van der Waals surface area contributed by atoms with Crippen LogP contribution in [0.2, 0.25) is 0 Å². The number of nitrogens with zero attached hydrogens (tertiary/aromatic N) is 1. The summed E-state index contributed by atoms with van der Waals surface area (Å²) in [5.41, 5.74) is 3.58. The largest absolute Gasteiger partial charge is 0.494 e. The van der Waals surface area contributed by atoms with Crippen LogP contribution in [0.3, 0.4) is 0 Å². The summed E-state index contributed by atoms with van der Waals surface area (Å²) in [6.07, 6.45) is 2.03. The number of benzene rings is 2. The highest BCUT2D eigenvalue weighted by Gasteiger charge is 2.40. The van der Waals surface area contributed by atoms with Gasteiger partial charge in [-0.1, -0.05) is 25.5 Å². The summed E-state index contributed by atoms with van der Waals surface area (Å²) < 4.78 is 11.8. The Kier molecular flexibility index (Phi) is 4.91. The molecule has 29 heavy (non-hydrogen) atoms. The molecule has 1 atom stereocenters. The van der Waals surface area contributed by atoms with Crippen LogP contribution in [-0.4, -0.2) is 24.5 Å². The van der Waals surface area contributed by atoms with E-state index < -0.39 is 6.04 Å². The van der Waals surface area contributed by atoms with Gasteiger partial charge >= 0.3 is 0 Å². The van der Waals surface area contributed by atoms with Crippen LogP contribution in [0.1, 0.15) is 58.6 Å². The summed E-state index contributed by atoms with van der Waals surface area (Å²) in [6, 6.07) is 10.8. The molecule has 2 heterocycles. The van der Waals surface area contributed by atoms with Crippen molar-refractivity contribution in [2.75, 3.05) is 13.7 Å². The van der Waals surface area contributed by atoms with Crippen molar-refractivity contribution in [3.8, 4) is 5.75 Å². The Bertz CT molecular complexity index is 1160. The first-order valence-corrected chi connectivity index (χ1v) is 10.00. The fraction of sp³-hybridized carbons (Fsp3) is 0.333. The molecule has 1 aliphatic heterocycles. The summed E-state index contributed by atoms with van der Waals surface area (Å²) in [4.78, 5) is 27.8. The summed E-state index contributed by atoms with van der Waals surface area (Å²) in [5, 5.41) is 0.510. The van der Waals surface area contributed by atoms with Crippen LogP contribution < -0.4 is 10.2 Å². The molecule has 5 nitrogen and oxygen atoms in total. The van der Waals surface area contributed by atoms with Crippen molar-refractivity contribution in [3.63, 3.8) is 0 Å². The minimum atomic E-state index is -0.491. The molecule has 0 N–H and O–H groups in total. The van der Waals surface area contributed by atoms with Gasteiger partial charge in [0.1, 0.15) is 11.3 Å². The second-order valence-corrected chi connectivity index (χ2v) is 7.70. The molecule has 150 valence electrons. The zero-order valence-electron chi connectivity index (χ0n) is 17.2. The SMILES string of the molecule is CCCCOc1cccc(C2c3c(oc4cc(C)c(C)cc4c3=O)C(=O)N2C)c1. The lowest BCUT2D eigenvalue weighted by Crippen LogP contribution is -2.25. The third-order valence-corrected chi connectivity index (χ3v) is 5.66. The maximum absolute atomic E-state index is 13.4. The van der Waals surface area contributed by atoms with E-state index in [1.807, 2.05) is 50.2 Å². The van der Waals surface area contributed by atoms with E-state index in [4.69, 9.17) is 9.15 Å². The molecular formula is C24H25NO4. The summed E-state index contributed by atoms with van der Waals surface area (Å²) >= 11 is 0. The molecule has 3 aromatic rings. The smallest absolute Gasteiger partial charge is 0.290 e.